The van der Waals surface area contributed by atoms with Gasteiger partial charge in [0.05, 0.1) is 17.1 Å². The zero-order valence-corrected chi connectivity index (χ0v) is 9.55. The van der Waals surface area contributed by atoms with Crippen LogP contribution >= 0.6 is 0 Å². The molecule has 86 valence electrons. The van der Waals surface area contributed by atoms with E-state index in [-0.39, 0.29) is 11.9 Å². The summed E-state index contributed by atoms with van der Waals surface area (Å²) in [6.45, 7) is 5.12. The van der Waals surface area contributed by atoms with E-state index in [0.29, 0.717) is 0 Å². The van der Waals surface area contributed by atoms with E-state index in [9.17, 15) is 4.39 Å². The summed E-state index contributed by atoms with van der Waals surface area (Å²) in [7, 11) is 0. The molecule has 2 N–H and O–H groups in total. The Hall–Kier alpha value is -1.42. The molecule has 1 aromatic heterocycles. The van der Waals surface area contributed by atoms with E-state index in [1.165, 1.54) is 12.1 Å². The molecule has 0 radical (unpaired) electrons. The number of nitrogens with one attached hydrogen (secondary N) is 2. The van der Waals surface area contributed by atoms with Crippen LogP contribution in [0.15, 0.2) is 18.2 Å². The van der Waals surface area contributed by atoms with Crippen molar-refractivity contribution in [2.45, 2.75) is 26.3 Å². The van der Waals surface area contributed by atoms with Crippen LogP contribution in [0.25, 0.3) is 11.0 Å². The van der Waals surface area contributed by atoms with Crippen molar-refractivity contribution < 1.29 is 4.39 Å². The number of halogens is 1. The first-order valence-corrected chi connectivity index (χ1v) is 5.59. The standard InChI is InChI=1S/C12H16FN3/c1-3-6-14-8(2)12-15-10-5-4-9(13)7-11(10)16-12/h4-5,7-8,14H,3,6H2,1-2H3,(H,15,16). The van der Waals surface area contributed by atoms with Gasteiger partial charge >= 0.3 is 0 Å². The molecule has 2 aromatic rings. The highest BCUT2D eigenvalue weighted by atomic mass is 19.1. The maximum atomic E-state index is 13.0. The minimum absolute atomic E-state index is 0.162. The van der Waals surface area contributed by atoms with Crippen molar-refractivity contribution in [2.75, 3.05) is 6.54 Å². The number of fused-ring (bicyclic) bond motifs is 1. The molecule has 0 amide bonds. The molecule has 0 aliphatic rings. The Morgan fingerprint density at radius 2 is 2.31 bits per heavy atom. The zero-order chi connectivity index (χ0) is 11.5. The summed E-state index contributed by atoms with van der Waals surface area (Å²) in [5.74, 6) is 0.617. The highest BCUT2D eigenvalue weighted by Crippen LogP contribution is 2.16. The first kappa shape index (κ1) is 11.1. The van der Waals surface area contributed by atoms with Crippen LogP contribution in [0.2, 0.25) is 0 Å². The van der Waals surface area contributed by atoms with Gasteiger partial charge in [0.2, 0.25) is 0 Å². The van der Waals surface area contributed by atoms with Crippen LogP contribution in [0, 0.1) is 5.82 Å². The van der Waals surface area contributed by atoms with Gasteiger partial charge in [-0.05, 0) is 38.1 Å². The molecule has 0 saturated carbocycles. The van der Waals surface area contributed by atoms with Gasteiger partial charge in [0.15, 0.2) is 0 Å². The smallest absolute Gasteiger partial charge is 0.125 e. The number of hydrogen-bond donors (Lipinski definition) is 2. The predicted molar refractivity (Wildman–Crippen MR) is 62.8 cm³/mol. The third kappa shape index (κ3) is 2.22. The van der Waals surface area contributed by atoms with Crippen molar-refractivity contribution in [3.05, 3.63) is 29.8 Å². The maximum absolute atomic E-state index is 13.0. The summed E-state index contributed by atoms with van der Waals surface area (Å²) >= 11 is 0. The Labute approximate surface area is 94.1 Å². The van der Waals surface area contributed by atoms with Crippen LogP contribution in [0.3, 0.4) is 0 Å². The molecule has 0 saturated heterocycles. The van der Waals surface area contributed by atoms with Gasteiger partial charge in [-0.25, -0.2) is 9.37 Å². The molecular weight excluding hydrogens is 205 g/mol. The first-order chi connectivity index (χ1) is 7.70. The Morgan fingerprint density at radius 1 is 1.50 bits per heavy atom. The van der Waals surface area contributed by atoms with Gasteiger partial charge in [-0.2, -0.15) is 0 Å². The summed E-state index contributed by atoms with van der Waals surface area (Å²) < 4.78 is 13.0. The van der Waals surface area contributed by atoms with Gasteiger partial charge < -0.3 is 10.3 Å². The van der Waals surface area contributed by atoms with Crippen molar-refractivity contribution in [3.8, 4) is 0 Å². The van der Waals surface area contributed by atoms with Gasteiger partial charge in [0.1, 0.15) is 11.6 Å². The fraction of sp³-hybridized carbons (Fsp3) is 0.417. The van der Waals surface area contributed by atoms with Crippen molar-refractivity contribution in [1.82, 2.24) is 15.3 Å². The van der Waals surface area contributed by atoms with Crippen LogP contribution in [0.1, 0.15) is 32.1 Å². The largest absolute Gasteiger partial charge is 0.341 e. The number of aromatic nitrogens is 2. The fourth-order valence-corrected chi connectivity index (χ4v) is 1.66. The van der Waals surface area contributed by atoms with E-state index >= 15 is 0 Å². The van der Waals surface area contributed by atoms with Crippen molar-refractivity contribution in [1.29, 1.82) is 0 Å². The highest BCUT2D eigenvalue weighted by molar-refractivity contribution is 5.75. The SMILES string of the molecule is CCCNC(C)c1nc2ccc(F)cc2[nH]1. The Kier molecular flexibility index (Phi) is 3.19. The number of imidazole rings is 1. The lowest BCUT2D eigenvalue weighted by Crippen LogP contribution is -2.20. The van der Waals surface area contributed by atoms with Crippen LogP contribution in [-0.2, 0) is 0 Å². The van der Waals surface area contributed by atoms with Crippen molar-refractivity contribution in [2.24, 2.45) is 0 Å². The lowest BCUT2D eigenvalue weighted by Gasteiger charge is -2.09. The number of H-pyrrole nitrogens is 1. The average molecular weight is 221 g/mol. The highest BCUT2D eigenvalue weighted by Gasteiger charge is 2.09. The Morgan fingerprint density at radius 3 is 3.06 bits per heavy atom. The van der Waals surface area contributed by atoms with Gasteiger partial charge in [-0.3, -0.25) is 0 Å². The molecule has 1 unspecified atom stereocenters. The Balaban J connectivity index is 2.25. The van der Waals surface area contributed by atoms with Crippen molar-refractivity contribution in [3.63, 3.8) is 0 Å². The summed E-state index contributed by atoms with van der Waals surface area (Å²) in [4.78, 5) is 7.55. The number of benzene rings is 1. The van der Waals surface area contributed by atoms with E-state index < -0.39 is 0 Å². The normalized spacial score (nSPS) is 13.2. The monoisotopic (exact) mass is 221 g/mol. The zero-order valence-electron chi connectivity index (χ0n) is 9.55. The van der Waals surface area contributed by atoms with E-state index in [4.69, 9.17) is 0 Å². The molecule has 1 heterocycles. The number of rotatable bonds is 4. The molecule has 0 bridgehead atoms. The topological polar surface area (TPSA) is 40.7 Å². The summed E-state index contributed by atoms with van der Waals surface area (Å²) in [5, 5.41) is 3.34. The molecule has 1 aromatic carbocycles. The lowest BCUT2D eigenvalue weighted by atomic mass is 10.3. The van der Waals surface area contributed by atoms with Crippen LogP contribution in [-0.4, -0.2) is 16.5 Å². The van der Waals surface area contributed by atoms with Crippen molar-refractivity contribution >= 4 is 11.0 Å². The molecule has 1 atom stereocenters. The third-order valence-corrected chi connectivity index (χ3v) is 2.57. The minimum atomic E-state index is -0.239. The van der Waals surface area contributed by atoms with E-state index in [1.54, 1.807) is 6.07 Å². The number of aromatic amines is 1. The maximum Gasteiger partial charge on any atom is 0.125 e. The van der Waals surface area contributed by atoms with E-state index in [0.717, 1.165) is 29.8 Å². The van der Waals surface area contributed by atoms with Gasteiger partial charge in [-0.15, -0.1) is 0 Å². The molecule has 2 rings (SSSR count). The van der Waals surface area contributed by atoms with Crippen LogP contribution < -0.4 is 5.32 Å². The second-order valence-corrected chi connectivity index (χ2v) is 3.96. The number of nitrogens with zero attached hydrogens (tertiary/aromatic N) is 1. The first-order valence-electron chi connectivity index (χ1n) is 5.59. The molecule has 0 aliphatic carbocycles. The molecule has 0 aliphatic heterocycles. The molecule has 0 spiro atoms. The summed E-state index contributed by atoms with van der Waals surface area (Å²) in [5.41, 5.74) is 1.56. The van der Waals surface area contributed by atoms with Gasteiger partial charge in [0.25, 0.3) is 0 Å². The van der Waals surface area contributed by atoms with Gasteiger partial charge in [-0.1, -0.05) is 6.92 Å². The average Bonchev–Trinajstić information content (AvgIpc) is 2.68. The predicted octanol–water partition coefficient (Wildman–Crippen LogP) is 2.76. The van der Waals surface area contributed by atoms with Gasteiger partial charge in [0, 0.05) is 0 Å². The number of hydrogen-bond acceptors (Lipinski definition) is 2. The third-order valence-electron chi connectivity index (χ3n) is 2.57. The van der Waals surface area contributed by atoms with E-state index in [1.807, 2.05) is 6.92 Å². The quantitative estimate of drug-likeness (QED) is 0.833. The summed E-state index contributed by atoms with van der Waals surface area (Å²) in [6.07, 6.45) is 1.08. The molecule has 3 nitrogen and oxygen atoms in total. The molecule has 0 fully saturated rings. The fourth-order valence-electron chi connectivity index (χ4n) is 1.66. The summed E-state index contributed by atoms with van der Waals surface area (Å²) in [6, 6.07) is 4.75. The van der Waals surface area contributed by atoms with Crippen LogP contribution in [0.5, 0.6) is 0 Å². The second-order valence-electron chi connectivity index (χ2n) is 3.96. The molecule has 4 heteroatoms. The minimum Gasteiger partial charge on any atom is -0.341 e. The van der Waals surface area contributed by atoms with Crippen LogP contribution in [0.4, 0.5) is 4.39 Å². The molecule has 16 heavy (non-hydrogen) atoms. The second kappa shape index (κ2) is 4.61. The van der Waals surface area contributed by atoms with E-state index in [2.05, 4.69) is 22.2 Å². The molecular formula is C12H16FN3. The lowest BCUT2D eigenvalue weighted by molar-refractivity contribution is 0.550. The Bertz CT molecular complexity index is 478.